The van der Waals surface area contributed by atoms with Gasteiger partial charge < -0.3 is 14.8 Å². The molecule has 0 aromatic heterocycles. The van der Waals surface area contributed by atoms with E-state index in [1.165, 1.54) is 17.0 Å². The summed E-state index contributed by atoms with van der Waals surface area (Å²) in [5.74, 6) is -2.34. The van der Waals surface area contributed by atoms with Gasteiger partial charge in [0.1, 0.15) is 17.5 Å². The monoisotopic (exact) mass is 442 g/mol. The zero-order chi connectivity index (χ0) is 23.5. The number of nitrogens with zero attached hydrogens (tertiary/aromatic N) is 1. The van der Waals surface area contributed by atoms with Gasteiger partial charge in [0.2, 0.25) is 5.91 Å². The normalized spacial score (nSPS) is 18.2. The predicted octanol–water partition coefficient (Wildman–Crippen LogP) is 4.34. The van der Waals surface area contributed by atoms with Crippen LogP contribution in [-0.4, -0.2) is 48.2 Å². The van der Waals surface area contributed by atoms with Gasteiger partial charge in [0.25, 0.3) is 0 Å². The molecule has 1 heterocycles. The molecule has 1 fully saturated rings. The third kappa shape index (κ3) is 5.25. The molecule has 0 saturated carbocycles. The van der Waals surface area contributed by atoms with Gasteiger partial charge in [-0.3, -0.25) is 9.69 Å². The molecule has 0 aliphatic carbocycles. The Labute approximate surface area is 186 Å². The molecule has 2 amide bonds. The lowest BCUT2D eigenvalue weighted by Gasteiger charge is -2.30. The summed E-state index contributed by atoms with van der Waals surface area (Å²) in [5, 5.41) is 2.68. The molecule has 2 aromatic carbocycles. The first-order chi connectivity index (χ1) is 15.1. The van der Waals surface area contributed by atoms with Gasteiger partial charge >= 0.3 is 12.1 Å². The van der Waals surface area contributed by atoms with E-state index in [9.17, 15) is 18.8 Å². The number of hydrogen-bond acceptors (Lipinski definition) is 5. The van der Waals surface area contributed by atoms with E-state index in [1.807, 2.05) is 30.3 Å². The number of nitrogens with one attached hydrogen (secondary N) is 1. The standard InChI is InChI=1S/C24H27FN2O5/c1-24(2,3)32-23(30)27-13-12-17(15-8-6-5-7-9-15)20(27)21(28)26-16-10-11-18(19(25)14-16)22(29)31-4/h5-11,14,17,20H,12-13H2,1-4H3,(H,26,28)/t17-,20-/m0/s1. The first-order valence-electron chi connectivity index (χ1n) is 10.3. The molecule has 0 radical (unpaired) electrons. The van der Waals surface area contributed by atoms with E-state index in [2.05, 4.69) is 10.1 Å². The van der Waals surface area contributed by atoms with Crippen LogP contribution in [0.15, 0.2) is 48.5 Å². The van der Waals surface area contributed by atoms with Gasteiger partial charge in [0.05, 0.1) is 12.7 Å². The fourth-order valence-electron chi connectivity index (χ4n) is 3.78. The molecule has 0 spiro atoms. The van der Waals surface area contributed by atoms with Crippen LogP contribution in [0, 0.1) is 5.82 Å². The highest BCUT2D eigenvalue weighted by Crippen LogP contribution is 2.35. The van der Waals surface area contributed by atoms with Crippen molar-refractivity contribution in [1.82, 2.24) is 4.90 Å². The van der Waals surface area contributed by atoms with Gasteiger partial charge in [0, 0.05) is 18.2 Å². The molecule has 1 aliphatic rings. The van der Waals surface area contributed by atoms with E-state index in [0.717, 1.165) is 18.7 Å². The van der Waals surface area contributed by atoms with Crippen LogP contribution < -0.4 is 5.32 Å². The van der Waals surface area contributed by atoms with Crippen molar-refractivity contribution < 1.29 is 28.2 Å². The number of carbonyl (C=O) groups is 3. The van der Waals surface area contributed by atoms with Crippen LogP contribution in [0.25, 0.3) is 0 Å². The van der Waals surface area contributed by atoms with Crippen molar-refractivity contribution >= 4 is 23.7 Å². The minimum Gasteiger partial charge on any atom is -0.465 e. The molecule has 2 aromatic rings. The Balaban J connectivity index is 1.88. The second-order valence-corrected chi connectivity index (χ2v) is 8.60. The van der Waals surface area contributed by atoms with Crippen LogP contribution in [0.1, 0.15) is 49.0 Å². The third-order valence-electron chi connectivity index (χ3n) is 5.16. The van der Waals surface area contributed by atoms with Crippen LogP contribution in [0.4, 0.5) is 14.9 Å². The number of rotatable bonds is 4. The average Bonchev–Trinajstić information content (AvgIpc) is 3.18. The largest absolute Gasteiger partial charge is 0.465 e. The lowest BCUT2D eigenvalue weighted by Crippen LogP contribution is -2.47. The van der Waals surface area contributed by atoms with Crippen molar-refractivity contribution in [3.05, 3.63) is 65.5 Å². The molecule has 3 rings (SSSR count). The van der Waals surface area contributed by atoms with Crippen molar-refractivity contribution in [3.63, 3.8) is 0 Å². The van der Waals surface area contributed by atoms with Crippen molar-refractivity contribution in [2.24, 2.45) is 0 Å². The van der Waals surface area contributed by atoms with Gasteiger partial charge in [-0.05, 0) is 51.0 Å². The van der Waals surface area contributed by atoms with Crippen molar-refractivity contribution in [3.8, 4) is 0 Å². The summed E-state index contributed by atoms with van der Waals surface area (Å²) in [6.45, 7) is 5.63. The lowest BCUT2D eigenvalue weighted by molar-refractivity contribution is -0.120. The molecular formula is C24H27FN2O5. The number of amides is 2. The summed E-state index contributed by atoms with van der Waals surface area (Å²) in [7, 11) is 1.16. The molecule has 170 valence electrons. The number of ether oxygens (including phenoxy) is 2. The second kappa shape index (κ2) is 9.38. The Morgan fingerprint density at radius 1 is 1.09 bits per heavy atom. The molecule has 32 heavy (non-hydrogen) atoms. The summed E-state index contributed by atoms with van der Waals surface area (Å²) in [6.07, 6.45) is 0.0000628. The highest BCUT2D eigenvalue weighted by Gasteiger charge is 2.44. The number of likely N-dealkylation sites (tertiary alicyclic amines) is 1. The van der Waals surface area contributed by atoms with E-state index in [4.69, 9.17) is 4.74 Å². The summed E-state index contributed by atoms with van der Waals surface area (Å²) in [6, 6.07) is 12.3. The maximum Gasteiger partial charge on any atom is 0.410 e. The number of hydrogen-bond donors (Lipinski definition) is 1. The first-order valence-corrected chi connectivity index (χ1v) is 10.3. The number of benzene rings is 2. The van der Waals surface area contributed by atoms with E-state index < -0.39 is 35.4 Å². The van der Waals surface area contributed by atoms with Crippen molar-refractivity contribution in [2.75, 3.05) is 19.0 Å². The Bertz CT molecular complexity index is 1000. The quantitative estimate of drug-likeness (QED) is 0.712. The molecule has 7 nitrogen and oxygen atoms in total. The maximum absolute atomic E-state index is 14.3. The number of halogens is 1. The lowest BCUT2D eigenvalue weighted by atomic mass is 9.91. The van der Waals surface area contributed by atoms with E-state index >= 15 is 0 Å². The highest BCUT2D eigenvalue weighted by molar-refractivity contribution is 5.98. The van der Waals surface area contributed by atoms with Crippen molar-refractivity contribution in [2.45, 2.75) is 44.8 Å². The molecule has 1 aliphatic heterocycles. The van der Waals surface area contributed by atoms with Gasteiger partial charge in [-0.25, -0.2) is 14.0 Å². The van der Waals surface area contributed by atoms with Crippen LogP contribution in [0.5, 0.6) is 0 Å². The Hall–Kier alpha value is -3.42. The molecule has 0 bridgehead atoms. The third-order valence-corrected chi connectivity index (χ3v) is 5.16. The van der Waals surface area contributed by atoms with Gasteiger partial charge in [0.15, 0.2) is 0 Å². The fraction of sp³-hybridized carbons (Fsp3) is 0.375. The zero-order valence-electron chi connectivity index (χ0n) is 18.6. The maximum atomic E-state index is 14.3. The van der Waals surface area contributed by atoms with Crippen LogP contribution in [-0.2, 0) is 14.3 Å². The zero-order valence-corrected chi connectivity index (χ0v) is 18.6. The topological polar surface area (TPSA) is 84.9 Å². The molecule has 2 atom stereocenters. The van der Waals surface area contributed by atoms with Crippen LogP contribution in [0.2, 0.25) is 0 Å². The molecule has 1 saturated heterocycles. The van der Waals surface area contributed by atoms with E-state index in [0.29, 0.717) is 13.0 Å². The Morgan fingerprint density at radius 3 is 2.38 bits per heavy atom. The molecular weight excluding hydrogens is 415 g/mol. The van der Waals surface area contributed by atoms with E-state index in [-0.39, 0.29) is 17.2 Å². The van der Waals surface area contributed by atoms with Crippen LogP contribution >= 0.6 is 0 Å². The summed E-state index contributed by atoms with van der Waals surface area (Å²) < 4.78 is 24.4. The predicted molar refractivity (Wildman–Crippen MR) is 117 cm³/mol. The number of methoxy groups -OCH3 is 1. The molecule has 0 unspecified atom stereocenters. The minimum atomic E-state index is -0.837. The summed E-state index contributed by atoms with van der Waals surface area (Å²) >= 11 is 0. The first kappa shape index (κ1) is 23.2. The van der Waals surface area contributed by atoms with Crippen molar-refractivity contribution in [1.29, 1.82) is 0 Å². The van der Waals surface area contributed by atoms with Crippen LogP contribution in [0.3, 0.4) is 0 Å². The molecule has 8 heteroatoms. The highest BCUT2D eigenvalue weighted by atomic mass is 19.1. The average molecular weight is 442 g/mol. The smallest absolute Gasteiger partial charge is 0.410 e. The van der Waals surface area contributed by atoms with Gasteiger partial charge in [-0.1, -0.05) is 30.3 Å². The van der Waals surface area contributed by atoms with E-state index in [1.54, 1.807) is 20.8 Å². The Kier molecular flexibility index (Phi) is 6.81. The second-order valence-electron chi connectivity index (χ2n) is 8.60. The van der Waals surface area contributed by atoms with Gasteiger partial charge in [-0.2, -0.15) is 0 Å². The summed E-state index contributed by atoms with van der Waals surface area (Å²) in [4.78, 5) is 39.1. The number of anilines is 1. The minimum absolute atomic E-state index is 0.169. The SMILES string of the molecule is COC(=O)c1ccc(NC(=O)[C@@H]2[C@H](c3ccccc3)CCN2C(=O)OC(C)(C)C)cc1F. The van der Waals surface area contributed by atoms with Gasteiger partial charge in [-0.15, -0.1) is 0 Å². The summed E-state index contributed by atoms with van der Waals surface area (Å²) in [5.41, 5.74) is 0.147. The molecule has 1 N–H and O–H groups in total. The number of carbonyl (C=O) groups excluding carboxylic acids is 3. The fourth-order valence-corrected chi connectivity index (χ4v) is 3.78. The number of esters is 1. The Morgan fingerprint density at radius 2 is 1.78 bits per heavy atom.